The quantitative estimate of drug-likeness (QED) is 0.575. The number of nitrogens with zero attached hydrogens (tertiary/aromatic N) is 2. The van der Waals surface area contributed by atoms with Crippen molar-refractivity contribution in [2.75, 3.05) is 0 Å². The molecule has 1 heterocycles. The maximum Gasteiger partial charge on any atom is 1.00 e. The first-order chi connectivity index (χ1) is 8.97. The molecule has 0 N–H and O–H groups in total. The maximum atomic E-state index is 12.8. The zero-order valence-corrected chi connectivity index (χ0v) is 14.4. The minimum absolute atomic E-state index is 0. The molecule has 2 rings (SSSR count). The molecule has 0 atom stereocenters. The summed E-state index contributed by atoms with van der Waals surface area (Å²) in [6.07, 6.45) is 0.635. The SMILES string of the molecule is F[B-](F)(F)c1cnc(Cl)nc1OCc1ccccc1.[K+]. The van der Waals surface area contributed by atoms with Crippen LogP contribution in [0.3, 0.4) is 0 Å². The van der Waals surface area contributed by atoms with Gasteiger partial charge in [0.05, 0.1) is 0 Å². The molecule has 9 heteroatoms. The van der Waals surface area contributed by atoms with Gasteiger partial charge in [0.15, 0.2) is 5.88 Å². The number of aromatic nitrogens is 2. The Morgan fingerprint density at radius 1 is 1.15 bits per heavy atom. The summed E-state index contributed by atoms with van der Waals surface area (Å²) in [5, 5.41) is -0.285. The molecule has 0 spiro atoms. The molecular formula is C11H8BClF3KN2O. The van der Waals surface area contributed by atoms with E-state index in [4.69, 9.17) is 16.3 Å². The predicted molar refractivity (Wildman–Crippen MR) is 66.5 cm³/mol. The van der Waals surface area contributed by atoms with E-state index in [9.17, 15) is 12.9 Å². The maximum absolute atomic E-state index is 12.8. The molecule has 0 amide bonds. The molecule has 0 aliphatic carbocycles. The van der Waals surface area contributed by atoms with Crippen molar-refractivity contribution in [1.29, 1.82) is 0 Å². The van der Waals surface area contributed by atoms with E-state index < -0.39 is 18.3 Å². The van der Waals surface area contributed by atoms with Crippen molar-refractivity contribution in [3.8, 4) is 5.88 Å². The van der Waals surface area contributed by atoms with E-state index in [1.54, 1.807) is 30.3 Å². The third-order valence-electron chi connectivity index (χ3n) is 2.32. The van der Waals surface area contributed by atoms with E-state index in [0.717, 1.165) is 5.56 Å². The molecule has 1 aromatic carbocycles. The van der Waals surface area contributed by atoms with Crippen LogP contribution in [-0.4, -0.2) is 16.9 Å². The second-order valence-electron chi connectivity index (χ2n) is 3.75. The van der Waals surface area contributed by atoms with Crippen LogP contribution in [0.2, 0.25) is 5.28 Å². The molecule has 100 valence electrons. The van der Waals surface area contributed by atoms with Gasteiger partial charge in [-0.05, 0) is 22.6 Å². The Morgan fingerprint density at radius 3 is 2.40 bits per heavy atom. The number of hydrogen-bond acceptors (Lipinski definition) is 3. The van der Waals surface area contributed by atoms with Crippen LogP contribution in [0.1, 0.15) is 5.56 Å². The average Bonchev–Trinajstić information content (AvgIpc) is 2.36. The van der Waals surface area contributed by atoms with Gasteiger partial charge < -0.3 is 17.7 Å². The second-order valence-corrected chi connectivity index (χ2v) is 4.09. The van der Waals surface area contributed by atoms with Crippen molar-refractivity contribution in [2.24, 2.45) is 0 Å². The summed E-state index contributed by atoms with van der Waals surface area (Å²) in [5.41, 5.74) is -0.252. The standard InChI is InChI=1S/C11H8BClF3N2O.K/c13-11-17-6-9(12(14,15)16)10(18-11)19-7-8-4-2-1-3-5-8;/h1-6H,7H2;/q-1;+1. The number of hydrogen-bond donors (Lipinski definition) is 0. The zero-order valence-electron chi connectivity index (χ0n) is 10.6. The fraction of sp³-hybridized carbons (Fsp3) is 0.0909. The summed E-state index contributed by atoms with van der Waals surface area (Å²) in [7, 11) is 0. The summed E-state index contributed by atoms with van der Waals surface area (Å²) in [6.45, 7) is -5.26. The first-order valence-corrected chi connectivity index (χ1v) is 5.74. The molecule has 0 unspecified atom stereocenters. The molecule has 1 aromatic heterocycles. The van der Waals surface area contributed by atoms with Crippen LogP contribution in [0.15, 0.2) is 36.5 Å². The van der Waals surface area contributed by atoms with Crippen LogP contribution in [0.25, 0.3) is 0 Å². The smallest absolute Gasteiger partial charge is 0.475 e. The Hall–Kier alpha value is -0.119. The van der Waals surface area contributed by atoms with Crippen LogP contribution in [0.4, 0.5) is 12.9 Å². The van der Waals surface area contributed by atoms with Gasteiger partial charge in [-0.15, -0.1) is 0 Å². The molecule has 20 heavy (non-hydrogen) atoms. The molecule has 0 saturated heterocycles. The van der Waals surface area contributed by atoms with Gasteiger partial charge in [-0.25, -0.2) is 4.98 Å². The zero-order chi connectivity index (χ0) is 13.9. The summed E-state index contributed by atoms with van der Waals surface area (Å²) < 4.78 is 43.4. The first kappa shape index (κ1) is 17.9. The van der Waals surface area contributed by atoms with Crippen LogP contribution in [-0.2, 0) is 6.61 Å². The van der Waals surface area contributed by atoms with Gasteiger partial charge in [-0.3, -0.25) is 0 Å². The van der Waals surface area contributed by atoms with Crippen molar-refractivity contribution in [1.82, 2.24) is 9.97 Å². The minimum Gasteiger partial charge on any atom is -0.475 e. The Kier molecular flexibility index (Phi) is 6.96. The van der Waals surface area contributed by atoms with Crippen molar-refractivity contribution >= 4 is 24.0 Å². The van der Waals surface area contributed by atoms with Gasteiger partial charge >= 0.3 is 58.4 Å². The summed E-state index contributed by atoms with van der Waals surface area (Å²) in [5.74, 6) is -0.545. The fourth-order valence-electron chi connectivity index (χ4n) is 1.42. The third-order valence-corrected chi connectivity index (χ3v) is 2.50. The van der Waals surface area contributed by atoms with Crippen molar-refractivity contribution in [3.63, 3.8) is 0 Å². The number of ether oxygens (including phenoxy) is 1. The molecule has 0 bridgehead atoms. The van der Waals surface area contributed by atoms with Crippen LogP contribution in [0.5, 0.6) is 5.88 Å². The van der Waals surface area contributed by atoms with E-state index in [-0.39, 0.29) is 63.3 Å². The van der Waals surface area contributed by atoms with Gasteiger partial charge in [0, 0.05) is 6.20 Å². The van der Waals surface area contributed by atoms with Crippen LogP contribution < -0.4 is 61.6 Å². The number of halogens is 4. The minimum atomic E-state index is -5.24. The van der Waals surface area contributed by atoms with Crippen molar-refractivity contribution < 1.29 is 69.1 Å². The molecule has 0 fully saturated rings. The Bertz CT molecular complexity index is 571. The van der Waals surface area contributed by atoms with Crippen molar-refractivity contribution in [3.05, 3.63) is 47.4 Å². The monoisotopic (exact) mass is 326 g/mol. The summed E-state index contributed by atoms with van der Waals surface area (Å²) >= 11 is 5.49. The number of rotatable bonds is 4. The van der Waals surface area contributed by atoms with Gasteiger partial charge in [-0.1, -0.05) is 30.3 Å². The Balaban J connectivity index is 0.00000200. The van der Waals surface area contributed by atoms with E-state index in [1.165, 1.54) is 0 Å². The molecule has 0 aliphatic rings. The van der Waals surface area contributed by atoms with Gasteiger partial charge in [0.2, 0.25) is 5.28 Å². The molecule has 0 aliphatic heterocycles. The molecular weight excluding hydrogens is 318 g/mol. The van der Waals surface area contributed by atoms with Crippen molar-refractivity contribution in [2.45, 2.75) is 6.61 Å². The van der Waals surface area contributed by atoms with Crippen LogP contribution in [0, 0.1) is 0 Å². The van der Waals surface area contributed by atoms with Gasteiger partial charge in [0.25, 0.3) is 0 Å². The second kappa shape index (κ2) is 7.77. The summed E-state index contributed by atoms with van der Waals surface area (Å²) in [4.78, 5) is 6.81. The Labute approximate surface area is 161 Å². The van der Waals surface area contributed by atoms with E-state index in [2.05, 4.69) is 9.97 Å². The van der Waals surface area contributed by atoms with Gasteiger partial charge in [-0.2, -0.15) is 4.98 Å². The average molecular weight is 327 g/mol. The molecule has 0 radical (unpaired) electrons. The summed E-state index contributed by atoms with van der Waals surface area (Å²) in [6, 6.07) is 8.80. The molecule has 3 nitrogen and oxygen atoms in total. The van der Waals surface area contributed by atoms with Gasteiger partial charge in [0.1, 0.15) is 6.61 Å². The Morgan fingerprint density at radius 2 is 1.80 bits per heavy atom. The van der Waals surface area contributed by atoms with Crippen LogP contribution >= 0.6 is 11.6 Å². The normalized spacial score (nSPS) is 10.8. The molecule has 2 aromatic rings. The topological polar surface area (TPSA) is 35.0 Å². The van der Waals surface area contributed by atoms with E-state index in [1.807, 2.05) is 0 Å². The third kappa shape index (κ3) is 5.01. The predicted octanol–water partition coefficient (Wildman–Crippen LogP) is -0.233. The van der Waals surface area contributed by atoms with E-state index >= 15 is 0 Å². The first-order valence-electron chi connectivity index (χ1n) is 5.36. The largest absolute Gasteiger partial charge is 1.00 e. The number of benzene rings is 1. The fourth-order valence-corrected chi connectivity index (χ4v) is 1.55. The molecule has 0 saturated carbocycles. The van der Waals surface area contributed by atoms with E-state index in [0.29, 0.717) is 6.20 Å².